The number of ether oxygens (including phenoxy) is 1. The number of carbonyl (C=O) groups excluding carboxylic acids is 1. The SMILES string of the molecule is COCCN1C[C@H](NC(=O)c2csc(C)n2)[C@@H](C2CC2)C1.Cl. The molecule has 0 spiro atoms. The number of thiazole rings is 1. The lowest BCUT2D eigenvalue weighted by Crippen LogP contribution is -2.41. The third-order valence-electron chi connectivity index (χ3n) is 4.45. The van der Waals surface area contributed by atoms with Crippen LogP contribution in [0.4, 0.5) is 0 Å². The van der Waals surface area contributed by atoms with Gasteiger partial charge in [-0.3, -0.25) is 9.69 Å². The summed E-state index contributed by atoms with van der Waals surface area (Å²) >= 11 is 1.52. The molecule has 1 saturated heterocycles. The summed E-state index contributed by atoms with van der Waals surface area (Å²) < 4.78 is 5.17. The molecule has 1 saturated carbocycles. The molecule has 1 aliphatic heterocycles. The largest absolute Gasteiger partial charge is 0.383 e. The molecule has 3 rings (SSSR count). The predicted molar refractivity (Wildman–Crippen MR) is 89.9 cm³/mol. The van der Waals surface area contributed by atoms with Gasteiger partial charge >= 0.3 is 0 Å². The molecular weight excluding hydrogens is 322 g/mol. The van der Waals surface area contributed by atoms with Crippen molar-refractivity contribution in [3.05, 3.63) is 16.1 Å². The van der Waals surface area contributed by atoms with Gasteiger partial charge in [-0.05, 0) is 31.6 Å². The molecule has 0 aromatic carbocycles. The third-order valence-corrected chi connectivity index (χ3v) is 5.22. The van der Waals surface area contributed by atoms with Gasteiger partial charge in [0, 0.05) is 38.2 Å². The van der Waals surface area contributed by atoms with E-state index < -0.39 is 0 Å². The molecule has 5 nitrogen and oxygen atoms in total. The summed E-state index contributed by atoms with van der Waals surface area (Å²) in [5.74, 6) is 1.36. The van der Waals surface area contributed by atoms with Crippen LogP contribution in [0.2, 0.25) is 0 Å². The molecule has 22 heavy (non-hydrogen) atoms. The molecule has 1 aromatic rings. The molecule has 0 unspecified atom stereocenters. The van der Waals surface area contributed by atoms with Gasteiger partial charge in [-0.25, -0.2) is 4.98 Å². The first kappa shape index (κ1) is 17.7. The highest BCUT2D eigenvalue weighted by molar-refractivity contribution is 7.09. The Hall–Kier alpha value is -0.690. The first-order valence-electron chi connectivity index (χ1n) is 7.61. The highest BCUT2D eigenvalue weighted by Gasteiger charge is 2.42. The number of nitrogens with zero attached hydrogens (tertiary/aromatic N) is 2. The molecule has 2 aliphatic rings. The molecule has 124 valence electrons. The van der Waals surface area contributed by atoms with Gasteiger partial charge in [0.1, 0.15) is 5.69 Å². The molecule has 1 aromatic heterocycles. The number of likely N-dealkylation sites (tertiary alicyclic amines) is 1. The number of aryl methyl sites for hydroxylation is 1. The van der Waals surface area contributed by atoms with Crippen molar-refractivity contribution in [2.75, 3.05) is 33.4 Å². The van der Waals surface area contributed by atoms with Gasteiger partial charge in [-0.2, -0.15) is 0 Å². The van der Waals surface area contributed by atoms with Crippen LogP contribution in [0, 0.1) is 18.8 Å². The Kier molecular flexibility index (Phi) is 6.20. The fourth-order valence-electron chi connectivity index (χ4n) is 3.18. The Bertz CT molecular complexity index is 507. The van der Waals surface area contributed by atoms with Crippen molar-refractivity contribution in [2.45, 2.75) is 25.8 Å². The highest BCUT2D eigenvalue weighted by atomic mass is 35.5. The summed E-state index contributed by atoms with van der Waals surface area (Å²) in [4.78, 5) is 19.0. The summed E-state index contributed by atoms with van der Waals surface area (Å²) in [5, 5.41) is 5.99. The van der Waals surface area contributed by atoms with E-state index in [4.69, 9.17) is 4.74 Å². The summed E-state index contributed by atoms with van der Waals surface area (Å²) in [7, 11) is 1.73. The smallest absolute Gasteiger partial charge is 0.271 e. The van der Waals surface area contributed by atoms with Crippen molar-refractivity contribution in [1.82, 2.24) is 15.2 Å². The van der Waals surface area contributed by atoms with Crippen LogP contribution in [0.5, 0.6) is 0 Å². The van der Waals surface area contributed by atoms with E-state index in [0.717, 1.165) is 37.2 Å². The van der Waals surface area contributed by atoms with E-state index in [1.54, 1.807) is 7.11 Å². The molecule has 2 fully saturated rings. The number of aromatic nitrogens is 1. The van der Waals surface area contributed by atoms with E-state index in [-0.39, 0.29) is 24.4 Å². The van der Waals surface area contributed by atoms with Crippen LogP contribution in [0.15, 0.2) is 5.38 Å². The van der Waals surface area contributed by atoms with Gasteiger partial charge in [0.25, 0.3) is 5.91 Å². The van der Waals surface area contributed by atoms with Gasteiger partial charge < -0.3 is 10.1 Å². The van der Waals surface area contributed by atoms with Gasteiger partial charge in [0.2, 0.25) is 0 Å². The molecule has 1 aliphatic carbocycles. The zero-order valence-electron chi connectivity index (χ0n) is 13.1. The molecule has 0 bridgehead atoms. The number of halogens is 1. The Morgan fingerprint density at radius 3 is 2.86 bits per heavy atom. The summed E-state index contributed by atoms with van der Waals surface area (Å²) in [6.45, 7) is 5.64. The standard InChI is InChI=1S/C15H23N3O2S.ClH/c1-10-16-14(9-21-10)15(19)17-13-8-18(5-6-20-2)7-12(13)11-3-4-11;/h9,11-13H,3-8H2,1-2H3,(H,17,19);1H/t12-,13+;/m1./s1. The number of hydrogen-bond acceptors (Lipinski definition) is 5. The first-order chi connectivity index (χ1) is 10.2. The molecule has 7 heteroatoms. The molecule has 2 heterocycles. The lowest BCUT2D eigenvalue weighted by atomic mass is 9.98. The van der Waals surface area contributed by atoms with Crippen molar-refractivity contribution in [1.29, 1.82) is 0 Å². The normalized spacial score (nSPS) is 25.0. The number of methoxy groups -OCH3 is 1. The topological polar surface area (TPSA) is 54.5 Å². The van der Waals surface area contributed by atoms with Gasteiger partial charge in [0.15, 0.2) is 0 Å². The minimum Gasteiger partial charge on any atom is -0.383 e. The van der Waals surface area contributed by atoms with E-state index in [1.807, 2.05) is 12.3 Å². The summed E-state index contributed by atoms with van der Waals surface area (Å²) in [6.07, 6.45) is 2.62. The number of rotatable bonds is 6. The van der Waals surface area contributed by atoms with Crippen molar-refractivity contribution >= 4 is 29.7 Å². The Morgan fingerprint density at radius 1 is 1.50 bits per heavy atom. The second-order valence-corrected chi connectivity index (χ2v) is 7.15. The predicted octanol–water partition coefficient (Wildman–Crippen LogP) is 1.96. The summed E-state index contributed by atoms with van der Waals surface area (Å²) in [5.41, 5.74) is 0.558. The van der Waals surface area contributed by atoms with Gasteiger partial charge in [-0.1, -0.05) is 0 Å². The molecule has 2 atom stereocenters. The van der Waals surface area contributed by atoms with Crippen LogP contribution in [-0.2, 0) is 4.74 Å². The lowest BCUT2D eigenvalue weighted by molar-refractivity contribution is 0.0923. The fraction of sp³-hybridized carbons (Fsp3) is 0.733. The minimum atomic E-state index is -0.0245. The van der Waals surface area contributed by atoms with Crippen LogP contribution in [0.25, 0.3) is 0 Å². The highest BCUT2D eigenvalue weighted by Crippen LogP contribution is 2.41. The zero-order valence-corrected chi connectivity index (χ0v) is 14.7. The Morgan fingerprint density at radius 2 is 2.27 bits per heavy atom. The van der Waals surface area contributed by atoms with E-state index in [1.165, 1.54) is 24.2 Å². The van der Waals surface area contributed by atoms with Crippen LogP contribution in [0.3, 0.4) is 0 Å². The number of carbonyl (C=O) groups is 1. The number of nitrogens with one attached hydrogen (secondary N) is 1. The monoisotopic (exact) mass is 345 g/mol. The maximum atomic E-state index is 12.3. The minimum absolute atomic E-state index is 0. The first-order valence-corrected chi connectivity index (χ1v) is 8.49. The van der Waals surface area contributed by atoms with Crippen LogP contribution in [-0.4, -0.2) is 55.2 Å². The van der Waals surface area contributed by atoms with E-state index >= 15 is 0 Å². The van der Waals surface area contributed by atoms with Crippen LogP contribution >= 0.6 is 23.7 Å². The van der Waals surface area contributed by atoms with Crippen LogP contribution in [0.1, 0.15) is 28.3 Å². The molecule has 1 N–H and O–H groups in total. The van der Waals surface area contributed by atoms with Crippen molar-refractivity contribution in [2.24, 2.45) is 11.8 Å². The molecule has 1 amide bonds. The van der Waals surface area contributed by atoms with Gasteiger partial charge in [-0.15, -0.1) is 23.7 Å². The zero-order chi connectivity index (χ0) is 14.8. The molecule has 0 radical (unpaired) electrons. The third kappa shape index (κ3) is 4.19. The maximum Gasteiger partial charge on any atom is 0.271 e. The van der Waals surface area contributed by atoms with Crippen molar-refractivity contribution in [3.63, 3.8) is 0 Å². The van der Waals surface area contributed by atoms with Crippen molar-refractivity contribution < 1.29 is 9.53 Å². The fourth-order valence-corrected chi connectivity index (χ4v) is 3.77. The summed E-state index contributed by atoms with van der Waals surface area (Å²) in [6, 6.07) is 0.254. The second-order valence-electron chi connectivity index (χ2n) is 6.09. The average molecular weight is 346 g/mol. The Labute approximate surface area is 141 Å². The van der Waals surface area contributed by atoms with Gasteiger partial charge in [0.05, 0.1) is 11.6 Å². The number of amides is 1. The quantitative estimate of drug-likeness (QED) is 0.856. The van der Waals surface area contributed by atoms with E-state index in [2.05, 4.69) is 15.2 Å². The number of hydrogen-bond donors (Lipinski definition) is 1. The van der Waals surface area contributed by atoms with Crippen molar-refractivity contribution in [3.8, 4) is 0 Å². The average Bonchev–Trinajstić information content (AvgIpc) is 3.09. The van der Waals surface area contributed by atoms with Crippen LogP contribution < -0.4 is 5.32 Å². The molecular formula is C15H24ClN3O2S. The lowest BCUT2D eigenvalue weighted by Gasteiger charge is -2.18. The van der Waals surface area contributed by atoms with E-state index in [9.17, 15) is 4.79 Å². The maximum absolute atomic E-state index is 12.3. The second kappa shape index (κ2) is 7.73. The van der Waals surface area contributed by atoms with E-state index in [0.29, 0.717) is 11.6 Å². The Balaban J connectivity index is 0.00000176.